The van der Waals surface area contributed by atoms with Crippen LogP contribution in [0.15, 0.2) is 48.5 Å². The van der Waals surface area contributed by atoms with E-state index in [4.69, 9.17) is 11.6 Å². The average molecular weight is 327 g/mol. The minimum absolute atomic E-state index is 0.137. The number of hydrogen-bond acceptors (Lipinski definition) is 2. The van der Waals surface area contributed by atoms with Crippen LogP contribution in [0.2, 0.25) is 5.02 Å². The Hall–Kier alpha value is -1.84. The van der Waals surface area contributed by atoms with E-state index >= 15 is 0 Å². The number of piperazine rings is 1. The number of nitrogens with zero attached hydrogens (tertiary/aromatic N) is 2. The van der Waals surface area contributed by atoms with Gasteiger partial charge in [0.15, 0.2) is 0 Å². The highest BCUT2D eigenvalue weighted by atomic mass is 35.5. The van der Waals surface area contributed by atoms with E-state index in [1.54, 1.807) is 0 Å². The Labute approximate surface area is 141 Å². The number of benzene rings is 2. The standard InChI is InChI=1S/C19H19ClN2O/c20-16-7-6-15-10-17-13-21(12-14-4-2-1-3-5-14)8-9-22(17)19(23)18(15)11-16/h1-7,11,17H,8-10,12-13H2. The van der Waals surface area contributed by atoms with E-state index in [-0.39, 0.29) is 11.9 Å². The van der Waals surface area contributed by atoms with Crippen molar-refractivity contribution in [1.29, 1.82) is 0 Å². The third kappa shape index (κ3) is 2.87. The second-order valence-electron chi connectivity index (χ2n) is 6.38. The van der Waals surface area contributed by atoms with Crippen molar-refractivity contribution in [1.82, 2.24) is 9.80 Å². The van der Waals surface area contributed by atoms with Gasteiger partial charge in [-0.05, 0) is 29.7 Å². The highest BCUT2D eigenvalue weighted by Crippen LogP contribution is 2.28. The molecule has 2 aromatic rings. The van der Waals surface area contributed by atoms with Crippen molar-refractivity contribution in [3.63, 3.8) is 0 Å². The molecule has 0 aromatic heterocycles. The topological polar surface area (TPSA) is 23.6 Å². The molecule has 1 amide bonds. The molecule has 4 heteroatoms. The number of carbonyl (C=O) groups is 1. The van der Waals surface area contributed by atoms with Crippen LogP contribution in [-0.4, -0.2) is 41.4 Å². The zero-order valence-corrected chi connectivity index (χ0v) is 13.7. The Balaban J connectivity index is 1.52. The highest BCUT2D eigenvalue weighted by Gasteiger charge is 2.36. The summed E-state index contributed by atoms with van der Waals surface area (Å²) in [6.45, 7) is 3.60. The van der Waals surface area contributed by atoms with Gasteiger partial charge in [0.1, 0.15) is 0 Å². The van der Waals surface area contributed by atoms with Crippen molar-refractivity contribution < 1.29 is 4.79 Å². The van der Waals surface area contributed by atoms with E-state index in [1.165, 1.54) is 5.56 Å². The largest absolute Gasteiger partial charge is 0.333 e. The first kappa shape index (κ1) is 14.7. The van der Waals surface area contributed by atoms with E-state index in [1.807, 2.05) is 29.2 Å². The van der Waals surface area contributed by atoms with Gasteiger partial charge in [0.05, 0.1) is 0 Å². The minimum Gasteiger partial charge on any atom is -0.333 e. The quantitative estimate of drug-likeness (QED) is 0.846. The summed E-state index contributed by atoms with van der Waals surface area (Å²) in [4.78, 5) is 17.2. The lowest BCUT2D eigenvalue weighted by molar-refractivity contribution is 0.0402. The summed E-state index contributed by atoms with van der Waals surface area (Å²) in [7, 11) is 0. The number of halogens is 1. The van der Waals surface area contributed by atoms with Crippen LogP contribution in [0.25, 0.3) is 0 Å². The second-order valence-corrected chi connectivity index (χ2v) is 6.82. The molecule has 1 saturated heterocycles. The molecule has 4 rings (SSSR count). The third-order valence-electron chi connectivity index (χ3n) is 4.83. The number of hydrogen-bond donors (Lipinski definition) is 0. The summed E-state index contributed by atoms with van der Waals surface area (Å²) in [5.41, 5.74) is 3.24. The maximum Gasteiger partial charge on any atom is 0.254 e. The molecule has 118 valence electrons. The number of fused-ring (bicyclic) bond motifs is 2. The van der Waals surface area contributed by atoms with Crippen molar-refractivity contribution in [2.45, 2.75) is 19.0 Å². The summed E-state index contributed by atoms with van der Waals surface area (Å²) in [6, 6.07) is 16.5. The molecule has 0 N–H and O–H groups in total. The molecular weight excluding hydrogens is 308 g/mol. The maximum atomic E-state index is 12.7. The molecule has 2 aromatic carbocycles. The summed E-state index contributed by atoms with van der Waals surface area (Å²) in [5, 5.41) is 0.637. The van der Waals surface area contributed by atoms with E-state index in [9.17, 15) is 4.79 Å². The Morgan fingerprint density at radius 2 is 1.91 bits per heavy atom. The van der Waals surface area contributed by atoms with Gasteiger partial charge in [-0.1, -0.05) is 48.0 Å². The Kier molecular flexibility index (Phi) is 3.83. The summed E-state index contributed by atoms with van der Waals surface area (Å²) in [6.07, 6.45) is 0.920. The van der Waals surface area contributed by atoms with E-state index in [0.29, 0.717) is 5.02 Å². The van der Waals surface area contributed by atoms with Crippen LogP contribution in [0.4, 0.5) is 0 Å². The first-order chi connectivity index (χ1) is 11.2. The molecule has 0 aliphatic carbocycles. The zero-order chi connectivity index (χ0) is 15.8. The molecule has 3 nitrogen and oxygen atoms in total. The normalized spacial score (nSPS) is 21.0. The van der Waals surface area contributed by atoms with Gasteiger partial charge in [0.2, 0.25) is 0 Å². The Bertz CT molecular complexity index is 731. The molecule has 1 atom stereocenters. The maximum absolute atomic E-state index is 12.7. The fourth-order valence-corrected chi connectivity index (χ4v) is 3.85. The first-order valence-electron chi connectivity index (χ1n) is 8.06. The van der Waals surface area contributed by atoms with Gasteiger partial charge in [0, 0.05) is 42.8 Å². The zero-order valence-electron chi connectivity index (χ0n) is 12.9. The molecule has 2 heterocycles. The van der Waals surface area contributed by atoms with Gasteiger partial charge in [-0.15, -0.1) is 0 Å². The molecule has 23 heavy (non-hydrogen) atoms. The lowest BCUT2D eigenvalue weighted by atomic mass is 9.91. The SMILES string of the molecule is O=C1c2cc(Cl)ccc2CC2CN(Cc3ccccc3)CCN12. The van der Waals surface area contributed by atoms with Crippen molar-refractivity contribution in [3.8, 4) is 0 Å². The van der Waals surface area contributed by atoms with Crippen LogP contribution in [0.3, 0.4) is 0 Å². The van der Waals surface area contributed by atoms with Crippen molar-refractivity contribution in [3.05, 3.63) is 70.2 Å². The lowest BCUT2D eigenvalue weighted by Crippen LogP contribution is -2.57. The van der Waals surface area contributed by atoms with E-state index in [0.717, 1.165) is 43.7 Å². The van der Waals surface area contributed by atoms with Gasteiger partial charge in [0.25, 0.3) is 5.91 Å². The van der Waals surface area contributed by atoms with E-state index < -0.39 is 0 Å². The summed E-state index contributed by atoms with van der Waals surface area (Å²) in [5.74, 6) is 0.137. The molecule has 0 spiro atoms. The number of rotatable bonds is 2. The van der Waals surface area contributed by atoms with E-state index in [2.05, 4.69) is 29.2 Å². The second kappa shape index (κ2) is 5.99. The Morgan fingerprint density at radius 3 is 2.74 bits per heavy atom. The van der Waals surface area contributed by atoms with Crippen LogP contribution in [0, 0.1) is 0 Å². The Morgan fingerprint density at radius 1 is 1.09 bits per heavy atom. The number of carbonyl (C=O) groups excluding carboxylic acids is 1. The highest BCUT2D eigenvalue weighted by molar-refractivity contribution is 6.31. The summed E-state index contributed by atoms with van der Waals surface area (Å²) < 4.78 is 0. The fourth-order valence-electron chi connectivity index (χ4n) is 3.68. The molecule has 0 radical (unpaired) electrons. The van der Waals surface area contributed by atoms with Crippen LogP contribution < -0.4 is 0 Å². The monoisotopic (exact) mass is 326 g/mol. The molecule has 2 aliphatic heterocycles. The smallest absolute Gasteiger partial charge is 0.254 e. The van der Waals surface area contributed by atoms with Crippen LogP contribution in [0.5, 0.6) is 0 Å². The average Bonchev–Trinajstić information content (AvgIpc) is 2.57. The van der Waals surface area contributed by atoms with Gasteiger partial charge >= 0.3 is 0 Å². The van der Waals surface area contributed by atoms with Gasteiger partial charge in [-0.2, -0.15) is 0 Å². The van der Waals surface area contributed by atoms with Crippen LogP contribution in [0.1, 0.15) is 21.5 Å². The fraction of sp³-hybridized carbons (Fsp3) is 0.316. The molecule has 1 unspecified atom stereocenters. The van der Waals surface area contributed by atoms with Crippen molar-refractivity contribution in [2.75, 3.05) is 19.6 Å². The predicted octanol–water partition coefficient (Wildman–Crippen LogP) is 3.22. The molecular formula is C19H19ClN2O. The molecule has 2 aliphatic rings. The van der Waals surface area contributed by atoms with Crippen LogP contribution in [-0.2, 0) is 13.0 Å². The lowest BCUT2D eigenvalue weighted by Gasteiger charge is -2.44. The van der Waals surface area contributed by atoms with Crippen molar-refractivity contribution in [2.24, 2.45) is 0 Å². The van der Waals surface area contributed by atoms with Crippen molar-refractivity contribution >= 4 is 17.5 Å². The van der Waals surface area contributed by atoms with Gasteiger partial charge in [-0.25, -0.2) is 0 Å². The first-order valence-corrected chi connectivity index (χ1v) is 8.44. The molecule has 1 fully saturated rings. The van der Waals surface area contributed by atoms with Gasteiger partial charge < -0.3 is 4.90 Å². The number of amides is 1. The summed E-state index contributed by atoms with van der Waals surface area (Å²) >= 11 is 6.05. The van der Waals surface area contributed by atoms with Crippen LogP contribution >= 0.6 is 11.6 Å². The third-order valence-corrected chi connectivity index (χ3v) is 5.07. The molecule has 0 saturated carbocycles. The molecule has 0 bridgehead atoms. The minimum atomic E-state index is 0.137. The van der Waals surface area contributed by atoms with Gasteiger partial charge in [-0.3, -0.25) is 9.69 Å². The predicted molar refractivity (Wildman–Crippen MR) is 91.7 cm³/mol.